The summed E-state index contributed by atoms with van der Waals surface area (Å²) in [5, 5.41) is 2.65. The Morgan fingerprint density at radius 2 is 2.10 bits per heavy atom. The second-order valence-electron chi connectivity index (χ2n) is 5.48. The van der Waals surface area contributed by atoms with E-state index < -0.39 is 0 Å². The third kappa shape index (κ3) is 2.54. The number of nitrogens with one attached hydrogen (secondary N) is 1. The van der Waals surface area contributed by atoms with E-state index in [0.717, 1.165) is 13.0 Å². The van der Waals surface area contributed by atoms with E-state index in [2.05, 4.69) is 24.4 Å². The van der Waals surface area contributed by atoms with Gasteiger partial charge in [0.15, 0.2) is 0 Å². The second-order valence-corrected chi connectivity index (χ2v) is 6.47. The average Bonchev–Trinajstić information content (AvgIpc) is 3.05. The maximum absolute atomic E-state index is 12.5. The summed E-state index contributed by atoms with van der Waals surface area (Å²) in [5.41, 5.74) is 1.29. The van der Waals surface area contributed by atoms with Crippen molar-refractivity contribution < 1.29 is 9.59 Å². The molecule has 3 rings (SSSR count). The van der Waals surface area contributed by atoms with Crippen LogP contribution in [0.4, 0.5) is 4.79 Å². The second kappa shape index (κ2) is 5.48. The molecule has 1 N–H and O–H groups in total. The fourth-order valence-corrected chi connectivity index (χ4v) is 3.79. The molecule has 106 valence electrons. The van der Waals surface area contributed by atoms with Crippen molar-refractivity contribution in [3.05, 3.63) is 35.9 Å². The first-order chi connectivity index (χ1) is 9.65. The minimum absolute atomic E-state index is 0.0641. The minimum atomic E-state index is -0.343. The molecule has 0 saturated carbocycles. The molecular weight excluding hydrogens is 272 g/mol. The molecule has 0 radical (unpaired) electrons. The Labute approximate surface area is 122 Å². The number of hydrogen-bond donors (Lipinski definition) is 1. The molecule has 20 heavy (non-hydrogen) atoms. The highest BCUT2D eigenvalue weighted by atomic mass is 32.2. The van der Waals surface area contributed by atoms with Gasteiger partial charge in [0.25, 0.3) is 5.24 Å². The minimum Gasteiger partial charge on any atom is -0.338 e. The van der Waals surface area contributed by atoms with Crippen molar-refractivity contribution in [1.82, 2.24) is 10.2 Å². The van der Waals surface area contributed by atoms with Gasteiger partial charge in [-0.15, -0.1) is 0 Å². The number of rotatable bonds is 2. The largest absolute Gasteiger partial charge is 0.338 e. The van der Waals surface area contributed by atoms with Crippen LogP contribution in [0.1, 0.15) is 24.8 Å². The average molecular weight is 290 g/mol. The van der Waals surface area contributed by atoms with Crippen LogP contribution in [0.25, 0.3) is 0 Å². The number of hydrogen-bond acceptors (Lipinski definition) is 3. The molecule has 3 unspecified atom stereocenters. The predicted molar refractivity (Wildman–Crippen MR) is 79.8 cm³/mol. The Hall–Kier alpha value is -1.49. The fourth-order valence-electron chi connectivity index (χ4n) is 3.02. The van der Waals surface area contributed by atoms with Gasteiger partial charge in [-0.2, -0.15) is 0 Å². The standard InChI is InChI=1S/C15H18N2O2S/c1-10-7-12(11-5-3-2-4-6-11)8-17(10)14(18)13-9-20-15(19)16-13/h2-6,10,12-13H,7-9H2,1H3,(H,16,19). The highest BCUT2D eigenvalue weighted by molar-refractivity contribution is 8.14. The van der Waals surface area contributed by atoms with Gasteiger partial charge in [-0.25, -0.2) is 0 Å². The molecule has 2 aliphatic rings. The molecule has 4 nitrogen and oxygen atoms in total. The monoisotopic (exact) mass is 290 g/mol. The third-order valence-electron chi connectivity index (χ3n) is 4.10. The molecule has 1 aromatic rings. The Bertz CT molecular complexity index is 520. The number of likely N-dealkylation sites (tertiary alicyclic amines) is 1. The van der Waals surface area contributed by atoms with Crippen LogP contribution in [0.15, 0.2) is 30.3 Å². The number of nitrogens with zero attached hydrogens (tertiary/aromatic N) is 1. The number of carbonyl (C=O) groups is 2. The quantitative estimate of drug-likeness (QED) is 0.908. The molecule has 2 amide bonds. The van der Waals surface area contributed by atoms with Crippen molar-refractivity contribution in [3.8, 4) is 0 Å². The highest BCUT2D eigenvalue weighted by Gasteiger charge is 2.38. The van der Waals surface area contributed by atoms with Gasteiger partial charge in [0.05, 0.1) is 0 Å². The molecule has 2 heterocycles. The van der Waals surface area contributed by atoms with E-state index in [9.17, 15) is 9.59 Å². The molecule has 2 aliphatic heterocycles. The van der Waals surface area contributed by atoms with Crippen LogP contribution in [-0.4, -0.2) is 40.4 Å². The van der Waals surface area contributed by atoms with E-state index >= 15 is 0 Å². The van der Waals surface area contributed by atoms with Crippen LogP contribution < -0.4 is 5.32 Å². The van der Waals surface area contributed by atoms with Gasteiger partial charge in [-0.3, -0.25) is 9.59 Å². The van der Waals surface area contributed by atoms with Crippen LogP contribution in [0.3, 0.4) is 0 Å². The lowest BCUT2D eigenvalue weighted by atomic mass is 9.97. The maximum atomic E-state index is 12.5. The summed E-state index contributed by atoms with van der Waals surface area (Å²) in [6.45, 7) is 2.84. The summed E-state index contributed by atoms with van der Waals surface area (Å²) in [6.07, 6.45) is 0.990. The van der Waals surface area contributed by atoms with Gasteiger partial charge in [0.2, 0.25) is 5.91 Å². The van der Waals surface area contributed by atoms with Crippen LogP contribution in [0, 0.1) is 0 Å². The Morgan fingerprint density at radius 3 is 2.75 bits per heavy atom. The highest BCUT2D eigenvalue weighted by Crippen LogP contribution is 2.32. The van der Waals surface area contributed by atoms with E-state index in [1.165, 1.54) is 17.3 Å². The van der Waals surface area contributed by atoms with Gasteiger partial charge in [-0.05, 0) is 18.9 Å². The smallest absolute Gasteiger partial charge is 0.279 e. The molecule has 3 atom stereocenters. The zero-order valence-corrected chi connectivity index (χ0v) is 12.2. The van der Waals surface area contributed by atoms with Crippen molar-refractivity contribution in [2.45, 2.75) is 31.3 Å². The van der Waals surface area contributed by atoms with Crippen molar-refractivity contribution in [1.29, 1.82) is 0 Å². The number of amides is 2. The Balaban J connectivity index is 1.69. The molecule has 0 bridgehead atoms. The molecular formula is C15H18N2O2S. The molecule has 0 aliphatic carbocycles. The zero-order chi connectivity index (χ0) is 14.1. The number of benzene rings is 1. The fraction of sp³-hybridized carbons (Fsp3) is 0.467. The maximum Gasteiger partial charge on any atom is 0.279 e. The lowest BCUT2D eigenvalue weighted by Crippen LogP contribution is -2.46. The first-order valence-corrected chi connectivity index (χ1v) is 7.92. The van der Waals surface area contributed by atoms with Gasteiger partial charge in [0, 0.05) is 24.3 Å². The lowest BCUT2D eigenvalue weighted by Gasteiger charge is -2.24. The number of thioether (sulfide) groups is 1. The molecule has 1 aromatic carbocycles. The first-order valence-electron chi connectivity index (χ1n) is 6.94. The van der Waals surface area contributed by atoms with E-state index in [1.807, 2.05) is 23.1 Å². The van der Waals surface area contributed by atoms with Gasteiger partial charge in [0.1, 0.15) is 6.04 Å². The normalized spacial score (nSPS) is 29.6. The molecule has 5 heteroatoms. The SMILES string of the molecule is CC1CC(c2ccccc2)CN1C(=O)C1CSC(=O)N1. The summed E-state index contributed by atoms with van der Waals surface area (Å²) in [4.78, 5) is 25.6. The molecule has 0 aromatic heterocycles. The predicted octanol–water partition coefficient (Wildman–Crippen LogP) is 2.22. The van der Waals surface area contributed by atoms with Crippen LogP contribution in [-0.2, 0) is 4.79 Å². The van der Waals surface area contributed by atoms with Crippen LogP contribution in [0.5, 0.6) is 0 Å². The van der Waals surface area contributed by atoms with Gasteiger partial charge in [-0.1, -0.05) is 42.1 Å². The summed E-state index contributed by atoms with van der Waals surface area (Å²) in [5.74, 6) is 1.02. The summed E-state index contributed by atoms with van der Waals surface area (Å²) in [6, 6.07) is 10.2. The van der Waals surface area contributed by atoms with E-state index in [-0.39, 0.29) is 23.2 Å². The Kier molecular flexibility index (Phi) is 3.70. The molecule has 2 fully saturated rings. The summed E-state index contributed by atoms with van der Waals surface area (Å²) < 4.78 is 0. The zero-order valence-electron chi connectivity index (χ0n) is 11.4. The topological polar surface area (TPSA) is 49.4 Å². The van der Waals surface area contributed by atoms with E-state index in [1.54, 1.807) is 0 Å². The summed E-state index contributed by atoms with van der Waals surface area (Å²) in [7, 11) is 0. The molecule has 0 spiro atoms. The summed E-state index contributed by atoms with van der Waals surface area (Å²) >= 11 is 1.19. The van der Waals surface area contributed by atoms with Crippen molar-refractivity contribution >= 4 is 22.9 Å². The Morgan fingerprint density at radius 1 is 1.35 bits per heavy atom. The van der Waals surface area contributed by atoms with Crippen LogP contribution in [0.2, 0.25) is 0 Å². The van der Waals surface area contributed by atoms with Crippen molar-refractivity contribution in [2.24, 2.45) is 0 Å². The van der Waals surface area contributed by atoms with Gasteiger partial charge >= 0.3 is 0 Å². The van der Waals surface area contributed by atoms with E-state index in [0.29, 0.717) is 11.7 Å². The van der Waals surface area contributed by atoms with Crippen molar-refractivity contribution in [2.75, 3.05) is 12.3 Å². The van der Waals surface area contributed by atoms with Crippen molar-refractivity contribution in [3.63, 3.8) is 0 Å². The number of carbonyl (C=O) groups excluding carboxylic acids is 2. The molecule has 2 saturated heterocycles. The first kappa shape index (κ1) is 13.5. The van der Waals surface area contributed by atoms with Gasteiger partial charge < -0.3 is 10.2 Å². The third-order valence-corrected chi connectivity index (χ3v) is 4.98. The van der Waals surface area contributed by atoms with E-state index in [4.69, 9.17) is 0 Å². The lowest BCUT2D eigenvalue weighted by molar-refractivity contribution is -0.133. The van der Waals surface area contributed by atoms with Crippen LogP contribution >= 0.6 is 11.8 Å².